The SMILES string of the molecule is CCCCCCCCCOc1c(O)c(OC(=O)O)c(CCCC)c(OCCCCCCCCC)c1OCCCCCCCCC. The predicted octanol–water partition coefficient (Wildman–Crippen LogP) is 12.2. The first-order chi connectivity index (χ1) is 22.0. The van der Waals surface area contributed by atoms with Crippen LogP contribution in [-0.4, -0.2) is 36.2 Å². The van der Waals surface area contributed by atoms with E-state index in [1.807, 2.05) is 0 Å². The van der Waals surface area contributed by atoms with E-state index in [4.69, 9.17) is 18.9 Å². The monoisotopic (exact) mass is 636 g/mol. The number of rotatable bonds is 31. The molecule has 1 aromatic carbocycles. The van der Waals surface area contributed by atoms with Crippen molar-refractivity contribution in [3.63, 3.8) is 0 Å². The lowest BCUT2D eigenvalue weighted by Crippen LogP contribution is -2.12. The van der Waals surface area contributed by atoms with Crippen molar-refractivity contribution in [2.45, 2.75) is 182 Å². The summed E-state index contributed by atoms with van der Waals surface area (Å²) in [6.45, 7) is 10.1. The fourth-order valence-electron chi connectivity index (χ4n) is 5.59. The third-order valence-electron chi connectivity index (χ3n) is 8.34. The molecule has 0 amide bonds. The van der Waals surface area contributed by atoms with Gasteiger partial charge in [-0.15, -0.1) is 0 Å². The van der Waals surface area contributed by atoms with Crippen LogP contribution in [0.1, 0.15) is 181 Å². The van der Waals surface area contributed by atoms with Gasteiger partial charge in [0.15, 0.2) is 11.5 Å². The molecule has 45 heavy (non-hydrogen) atoms. The predicted molar refractivity (Wildman–Crippen MR) is 186 cm³/mol. The van der Waals surface area contributed by atoms with Crippen LogP contribution in [0.2, 0.25) is 0 Å². The molecule has 1 aromatic rings. The Morgan fingerprint density at radius 2 is 0.822 bits per heavy atom. The molecular formula is C38H68O7. The molecule has 0 radical (unpaired) electrons. The molecule has 7 nitrogen and oxygen atoms in total. The van der Waals surface area contributed by atoms with Gasteiger partial charge in [0.2, 0.25) is 17.2 Å². The van der Waals surface area contributed by atoms with E-state index in [1.165, 1.54) is 89.9 Å². The molecule has 262 valence electrons. The van der Waals surface area contributed by atoms with Crippen LogP contribution in [0.25, 0.3) is 0 Å². The molecule has 0 spiro atoms. The second-order valence-electron chi connectivity index (χ2n) is 12.5. The molecule has 0 aliphatic carbocycles. The average Bonchev–Trinajstić information content (AvgIpc) is 3.03. The molecule has 0 aromatic heterocycles. The van der Waals surface area contributed by atoms with Crippen LogP contribution < -0.4 is 18.9 Å². The van der Waals surface area contributed by atoms with E-state index in [2.05, 4.69) is 27.7 Å². The Labute approximate surface area is 275 Å². The number of benzene rings is 1. The highest BCUT2D eigenvalue weighted by Crippen LogP contribution is 2.54. The van der Waals surface area contributed by atoms with E-state index in [1.54, 1.807) is 0 Å². The molecule has 0 heterocycles. The Hall–Kier alpha value is -2.31. The Morgan fingerprint density at radius 1 is 0.467 bits per heavy atom. The van der Waals surface area contributed by atoms with Crippen LogP contribution in [0.15, 0.2) is 0 Å². The number of hydrogen-bond donors (Lipinski definition) is 2. The van der Waals surface area contributed by atoms with Crippen molar-refractivity contribution in [1.29, 1.82) is 0 Å². The van der Waals surface area contributed by atoms with Gasteiger partial charge in [0.05, 0.1) is 19.8 Å². The normalized spacial score (nSPS) is 11.1. The maximum atomic E-state index is 11.8. The lowest BCUT2D eigenvalue weighted by Gasteiger charge is -2.23. The van der Waals surface area contributed by atoms with Crippen LogP contribution in [0.4, 0.5) is 4.79 Å². The van der Waals surface area contributed by atoms with E-state index in [-0.39, 0.29) is 17.2 Å². The van der Waals surface area contributed by atoms with E-state index in [9.17, 15) is 15.0 Å². The number of carbonyl (C=O) groups is 1. The van der Waals surface area contributed by atoms with Gasteiger partial charge in [-0.3, -0.25) is 0 Å². The first-order valence-electron chi connectivity index (χ1n) is 18.7. The van der Waals surface area contributed by atoms with Gasteiger partial charge in [-0.05, 0) is 32.1 Å². The van der Waals surface area contributed by atoms with Crippen molar-refractivity contribution in [2.75, 3.05) is 19.8 Å². The van der Waals surface area contributed by atoms with Crippen molar-refractivity contribution in [2.24, 2.45) is 0 Å². The molecule has 0 fully saturated rings. The summed E-state index contributed by atoms with van der Waals surface area (Å²) >= 11 is 0. The highest BCUT2D eigenvalue weighted by Gasteiger charge is 2.30. The van der Waals surface area contributed by atoms with Crippen molar-refractivity contribution in [3.8, 4) is 28.7 Å². The van der Waals surface area contributed by atoms with Crippen LogP contribution in [-0.2, 0) is 6.42 Å². The van der Waals surface area contributed by atoms with Gasteiger partial charge < -0.3 is 29.2 Å². The first-order valence-corrected chi connectivity index (χ1v) is 18.7. The zero-order valence-electron chi connectivity index (χ0n) is 29.5. The molecule has 2 N–H and O–H groups in total. The van der Waals surface area contributed by atoms with Gasteiger partial charge in [-0.1, -0.05) is 150 Å². The molecule has 0 saturated heterocycles. The van der Waals surface area contributed by atoms with Gasteiger partial charge >= 0.3 is 6.16 Å². The van der Waals surface area contributed by atoms with Gasteiger partial charge in [0, 0.05) is 5.56 Å². The minimum absolute atomic E-state index is 0.0941. The molecule has 7 heteroatoms. The lowest BCUT2D eigenvalue weighted by atomic mass is 10.0. The molecular weight excluding hydrogens is 568 g/mol. The average molecular weight is 637 g/mol. The van der Waals surface area contributed by atoms with Gasteiger partial charge in [0.25, 0.3) is 0 Å². The molecule has 0 aliphatic heterocycles. The van der Waals surface area contributed by atoms with Crippen LogP contribution >= 0.6 is 0 Å². The quantitative estimate of drug-likeness (QED) is 0.0475. The van der Waals surface area contributed by atoms with Crippen molar-refractivity contribution in [3.05, 3.63) is 5.56 Å². The van der Waals surface area contributed by atoms with Crippen molar-refractivity contribution in [1.82, 2.24) is 0 Å². The molecule has 0 aliphatic rings. The first kappa shape index (κ1) is 40.7. The minimum atomic E-state index is -1.48. The van der Waals surface area contributed by atoms with E-state index < -0.39 is 6.16 Å². The maximum absolute atomic E-state index is 11.8. The summed E-state index contributed by atoms with van der Waals surface area (Å²) in [6, 6.07) is 0. The number of aromatic hydroxyl groups is 1. The number of unbranched alkanes of at least 4 members (excludes halogenated alkanes) is 19. The zero-order chi connectivity index (χ0) is 33.0. The fraction of sp³-hybridized carbons (Fsp3) is 0.816. The summed E-state index contributed by atoms with van der Waals surface area (Å²) in [7, 11) is 0. The van der Waals surface area contributed by atoms with Gasteiger partial charge in [-0.25, -0.2) is 4.79 Å². The zero-order valence-corrected chi connectivity index (χ0v) is 29.5. The van der Waals surface area contributed by atoms with Crippen molar-refractivity contribution >= 4 is 6.16 Å². The largest absolute Gasteiger partial charge is 0.511 e. The molecule has 0 unspecified atom stereocenters. The Bertz CT molecular complexity index is 870. The third kappa shape index (κ3) is 18.4. The van der Waals surface area contributed by atoms with Gasteiger partial charge in [0.1, 0.15) is 0 Å². The van der Waals surface area contributed by atoms with E-state index >= 15 is 0 Å². The third-order valence-corrected chi connectivity index (χ3v) is 8.34. The molecule has 1 rings (SSSR count). The minimum Gasteiger partial charge on any atom is -0.502 e. The Balaban J connectivity index is 3.21. The highest BCUT2D eigenvalue weighted by molar-refractivity contribution is 5.73. The van der Waals surface area contributed by atoms with Crippen molar-refractivity contribution < 1.29 is 34.0 Å². The maximum Gasteiger partial charge on any atom is 0.511 e. The van der Waals surface area contributed by atoms with Crippen LogP contribution in [0.5, 0.6) is 28.7 Å². The number of ether oxygens (including phenoxy) is 4. The fourth-order valence-corrected chi connectivity index (χ4v) is 5.59. The summed E-state index contributed by atoms with van der Waals surface area (Å²) in [6.07, 6.45) is 25.0. The van der Waals surface area contributed by atoms with Gasteiger partial charge in [-0.2, -0.15) is 0 Å². The summed E-state index contributed by atoms with van der Waals surface area (Å²) in [4.78, 5) is 11.8. The lowest BCUT2D eigenvalue weighted by molar-refractivity contribution is 0.141. The number of phenols is 1. The number of phenolic OH excluding ortho intramolecular Hbond substituents is 1. The Morgan fingerprint density at radius 3 is 1.22 bits per heavy atom. The number of carboxylic acid groups (broad SMARTS) is 1. The van der Waals surface area contributed by atoms with Crippen LogP contribution in [0, 0.1) is 0 Å². The second-order valence-corrected chi connectivity index (χ2v) is 12.5. The molecule has 0 bridgehead atoms. The van der Waals surface area contributed by atoms with E-state index in [0.717, 1.165) is 57.8 Å². The van der Waals surface area contributed by atoms with Crippen LogP contribution in [0.3, 0.4) is 0 Å². The standard InChI is InChI=1S/C38H68O7/c1-5-9-13-16-19-22-25-29-42-35-32(28-12-8-4)34(45-38(40)41)33(39)36(43-30-26-23-20-17-14-10-6-2)37(35)44-31-27-24-21-18-15-11-7-3/h39H,5-31H2,1-4H3,(H,40,41). The number of hydrogen-bond acceptors (Lipinski definition) is 6. The summed E-state index contributed by atoms with van der Waals surface area (Å²) in [5.74, 6) is 0.567. The smallest absolute Gasteiger partial charge is 0.502 e. The molecule has 0 saturated carbocycles. The molecule has 0 atom stereocenters. The van der Waals surface area contributed by atoms with E-state index in [0.29, 0.717) is 43.3 Å². The summed E-state index contributed by atoms with van der Waals surface area (Å²) in [5.41, 5.74) is 0.539. The highest BCUT2D eigenvalue weighted by atomic mass is 16.7. The summed E-state index contributed by atoms with van der Waals surface area (Å²) in [5, 5.41) is 21.0. The summed E-state index contributed by atoms with van der Waals surface area (Å²) < 4.78 is 24.2. The second kappa shape index (κ2) is 28.0. The Kier molecular flexibility index (Phi) is 25.3. The topological polar surface area (TPSA) is 94.5 Å².